The van der Waals surface area contributed by atoms with E-state index < -0.39 is 21.7 Å². The van der Waals surface area contributed by atoms with Crippen molar-refractivity contribution >= 4 is 40.0 Å². The van der Waals surface area contributed by atoms with Crippen LogP contribution in [0.4, 0.5) is 28.4 Å². The normalized spacial score (nSPS) is 15.0. The number of anilines is 5. The molecule has 0 heterocycles. The number of rotatable bonds is 7. The molecule has 0 aromatic heterocycles. The van der Waals surface area contributed by atoms with Gasteiger partial charge in [-0.25, -0.2) is 0 Å². The highest BCUT2D eigenvalue weighted by Crippen LogP contribution is 2.72. The summed E-state index contributed by atoms with van der Waals surface area (Å²) in [7, 11) is 0. The van der Waals surface area contributed by atoms with Gasteiger partial charge in [0.1, 0.15) is 0 Å². The van der Waals surface area contributed by atoms with Crippen molar-refractivity contribution in [2.75, 3.05) is 10.2 Å². The van der Waals surface area contributed by atoms with E-state index in [1.165, 1.54) is 206 Å². The topological polar surface area (TPSA) is 15.3 Å². The Morgan fingerprint density at radius 3 is 0.880 bits per heavy atom. The van der Waals surface area contributed by atoms with Gasteiger partial charge in [0, 0.05) is 49.6 Å². The molecule has 133 heavy (non-hydrogen) atoms. The largest absolute Gasteiger partial charge is 0.355 e. The minimum atomic E-state index is -0.667. The third-order valence-electron chi connectivity index (χ3n) is 31.1. The summed E-state index contributed by atoms with van der Waals surface area (Å²) in [5.41, 5.74) is 50.4. The zero-order valence-electron chi connectivity index (χ0n) is 74.4. The van der Waals surface area contributed by atoms with E-state index >= 15 is 0 Å². The zero-order valence-corrected chi connectivity index (χ0v) is 75.1. The molecule has 628 valence electrons. The van der Waals surface area contributed by atoms with Crippen molar-refractivity contribution in [3.05, 3.63) is 589 Å². The lowest BCUT2D eigenvalue weighted by Crippen LogP contribution is -2.44. The number of hydrogen-bond acceptors (Lipinski definition) is 2. The van der Waals surface area contributed by atoms with Gasteiger partial charge < -0.3 is 10.2 Å². The average molecular weight is 1720 g/mol. The molecule has 0 fully saturated rings. The Morgan fingerprint density at radius 2 is 0.459 bits per heavy atom. The monoisotopic (exact) mass is 1710 g/mol. The van der Waals surface area contributed by atoms with Crippen LogP contribution in [0.25, 0.3) is 89.0 Å². The van der Waals surface area contributed by atoms with Crippen molar-refractivity contribution in [3.63, 3.8) is 0 Å². The molecule has 0 saturated heterocycles. The second-order valence-electron chi connectivity index (χ2n) is 37.9. The molecule has 0 saturated carbocycles. The second kappa shape index (κ2) is 29.7. The van der Waals surface area contributed by atoms with Crippen molar-refractivity contribution in [2.24, 2.45) is 0 Å². The highest BCUT2D eigenvalue weighted by Gasteiger charge is 2.63. The zero-order chi connectivity index (χ0) is 88.7. The van der Waals surface area contributed by atoms with E-state index in [0.717, 1.165) is 27.8 Å². The third-order valence-corrected chi connectivity index (χ3v) is 31.4. The van der Waals surface area contributed by atoms with Gasteiger partial charge in [-0.2, -0.15) is 0 Å². The number of halogens is 1. The molecule has 28 rings (SSSR count). The van der Waals surface area contributed by atoms with Gasteiger partial charge in [-0.15, -0.1) is 0 Å². The van der Waals surface area contributed by atoms with E-state index in [0.29, 0.717) is 0 Å². The van der Waals surface area contributed by atoms with Crippen LogP contribution in [-0.2, 0) is 32.5 Å². The molecule has 0 aliphatic heterocycles. The number of hydrogen-bond donors (Lipinski definition) is 1. The first-order valence-corrected chi connectivity index (χ1v) is 47.1. The fourth-order valence-electron chi connectivity index (χ4n) is 25.9. The maximum Gasteiger partial charge on any atom is 0.0740 e. The third kappa shape index (κ3) is 10.7. The maximum atomic E-state index is 7.43. The summed E-state index contributed by atoms with van der Waals surface area (Å²) >= 11 is 7.43. The highest BCUT2D eigenvalue weighted by molar-refractivity contribution is 6.32. The van der Waals surface area contributed by atoms with E-state index in [1.807, 2.05) is 0 Å². The average Bonchev–Trinajstić information content (AvgIpc) is 1.51. The predicted molar refractivity (Wildman–Crippen MR) is 551 cm³/mol. The molecule has 20 aromatic rings. The van der Waals surface area contributed by atoms with Crippen LogP contribution < -0.4 is 10.2 Å². The Hall–Kier alpha value is -15.7. The Kier molecular flexibility index (Phi) is 17.5. The number of nitrogens with zero attached hydrogens (tertiary/aromatic N) is 1. The van der Waals surface area contributed by atoms with Crippen LogP contribution >= 0.6 is 11.6 Å². The van der Waals surface area contributed by atoms with Crippen molar-refractivity contribution in [1.29, 1.82) is 0 Å². The number of para-hydroxylation sites is 2. The number of benzene rings is 20. The summed E-state index contributed by atoms with van der Waals surface area (Å²) in [5, 5.41) is 4.48. The molecule has 0 atom stereocenters. The molecular weight excluding hydrogens is 1620 g/mol. The predicted octanol–water partition coefficient (Wildman–Crippen LogP) is 33.0. The van der Waals surface area contributed by atoms with Crippen molar-refractivity contribution in [3.8, 4) is 89.0 Å². The van der Waals surface area contributed by atoms with Crippen LogP contribution in [0.5, 0.6) is 0 Å². The van der Waals surface area contributed by atoms with Gasteiger partial charge in [0.05, 0.1) is 33.0 Å². The smallest absolute Gasteiger partial charge is 0.0740 e. The van der Waals surface area contributed by atoms with Crippen LogP contribution in [0.2, 0.25) is 5.02 Å². The molecule has 3 heteroatoms. The van der Waals surface area contributed by atoms with Gasteiger partial charge in [-0.05, 0) is 232 Å². The minimum Gasteiger partial charge on any atom is -0.355 e. The van der Waals surface area contributed by atoms with Gasteiger partial charge in [-0.3, -0.25) is 0 Å². The molecule has 0 radical (unpaired) electrons. The van der Waals surface area contributed by atoms with Gasteiger partial charge in [0.25, 0.3) is 0 Å². The molecule has 20 aromatic carbocycles. The molecular formula is C130H91ClN2. The lowest BCUT2D eigenvalue weighted by molar-refractivity contribution is 0.633. The van der Waals surface area contributed by atoms with E-state index in [4.69, 9.17) is 11.6 Å². The van der Waals surface area contributed by atoms with Crippen molar-refractivity contribution in [1.82, 2.24) is 0 Å². The molecule has 0 amide bonds. The number of fused-ring (bicyclic) bond motifs is 38. The molecule has 1 N–H and O–H groups in total. The van der Waals surface area contributed by atoms with Gasteiger partial charge in [0.15, 0.2) is 0 Å². The summed E-state index contributed by atoms with van der Waals surface area (Å²) in [6, 6.07) is 176. The summed E-state index contributed by atoms with van der Waals surface area (Å²) in [5.74, 6) is 0. The number of nitrogens with one attached hydrogen (secondary N) is 1. The summed E-state index contributed by atoms with van der Waals surface area (Å²) in [4.78, 5) is 2.63. The van der Waals surface area contributed by atoms with Gasteiger partial charge >= 0.3 is 0 Å². The van der Waals surface area contributed by atoms with Crippen LogP contribution in [-0.4, -0.2) is 0 Å². The fraction of sp³-hybridized carbons (Fsp3) is 0.0769. The fourth-order valence-corrected chi connectivity index (χ4v) is 26.2. The van der Waals surface area contributed by atoms with Crippen molar-refractivity contribution in [2.45, 2.75) is 60.2 Å². The summed E-state index contributed by atoms with van der Waals surface area (Å²) in [6.45, 7) is 9.43. The Balaban J connectivity index is 0.000000116. The first-order valence-electron chi connectivity index (χ1n) is 46.7. The maximum absolute atomic E-state index is 7.43. The van der Waals surface area contributed by atoms with E-state index in [2.05, 4.69) is 511 Å². The first kappa shape index (κ1) is 78.3. The lowest BCUT2D eigenvalue weighted by atomic mass is 9.52. The molecule has 8 aliphatic carbocycles. The molecule has 0 unspecified atom stereocenters. The van der Waals surface area contributed by atoms with E-state index in [9.17, 15) is 0 Å². The molecule has 8 aliphatic rings. The Labute approximate surface area is 783 Å². The molecule has 4 spiro atoms. The minimum absolute atomic E-state index is 0.0164. The second-order valence-corrected chi connectivity index (χ2v) is 38.3. The summed E-state index contributed by atoms with van der Waals surface area (Å²) < 4.78 is 0. The van der Waals surface area contributed by atoms with E-state index in [1.54, 1.807) is 0 Å². The van der Waals surface area contributed by atoms with Gasteiger partial charge in [-0.1, -0.05) is 464 Å². The van der Waals surface area contributed by atoms with Gasteiger partial charge in [0.2, 0.25) is 0 Å². The van der Waals surface area contributed by atoms with Crippen LogP contribution in [0.3, 0.4) is 0 Å². The van der Waals surface area contributed by atoms with Crippen LogP contribution in [0, 0.1) is 0 Å². The van der Waals surface area contributed by atoms with E-state index in [-0.39, 0.29) is 10.8 Å². The molecule has 2 nitrogen and oxygen atoms in total. The Morgan fingerprint density at radius 1 is 0.188 bits per heavy atom. The molecule has 0 bridgehead atoms. The quantitative estimate of drug-likeness (QED) is 0.171. The standard InChI is InChI=1S/C65H45N.C38H23Cl.C27H23N/c1-63(2)51-29-12-6-24-45(51)50-40-39-43(41-59(50)63)66(60-37-19-11-23-44(60)42-21-4-3-5-22-42)61-38-20-36-58-62(61)65(54-32-15-9-27-48(54)49-28-10-16-33-55(49)65)57-35-18-17-34-56(57)64(58)52-30-13-7-25-46(52)47-26-8-14-31-53(47)64;39-35-23-11-22-34-36(35)38(30-18-7-3-14-26(30)27-15-4-8-19-31(27)38)33-21-10-9-20-32(33)37(34)28-16-5-1-12-24(28)25-13-2-6-17-29(25)37;1-27(2)24-14-8-6-13-22(24)23-17-16-20(18-25(23)27)28-26-15-9-7-12-21(26)19-10-4-3-5-11-19/h3-41H,1-2H3;1-23H;3-18,28H,1-2H3. The van der Waals surface area contributed by atoms with Crippen LogP contribution in [0.1, 0.15) is 139 Å². The SMILES string of the molecule is CC1(C)c2ccccc2-c2ccc(N(c3ccccc3-c3ccccc3)c3cccc4c3C3(c5ccccc5-c5ccccc53)c3ccccc3C43c4ccccc4-c4ccccc43)cc21.CC1(C)c2ccccc2-c2ccc(Nc3ccccc3-c3ccccc3)cc21.Clc1cccc2c1C1(c3ccccc3-c3ccccc31)c1ccccc1C21c2ccccc2-c2ccccc21. The first-order chi connectivity index (χ1) is 65.5. The van der Waals surface area contributed by atoms with Crippen LogP contribution in [0.15, 0.2) is 473 Å². The summed E-state index contributed by atoms with van der Waals surface area (Å²) in [6.07, 6.45) is 0. The van der Waals surface area contributed by atoms with Crippen molar-refractivity contribution < 1.29 is 0 Å². The highest BCUT2D eigenvalue weighted by atomic mass is 35.5. The Bertz CT molecular complexity index is 8040. The lowest BCUT2D eigenvalue weighted by Gasteiger charge is -2.50.